The summed E-state index contributed by atoms with van der Waals surface area (Å²) in [6.45, 7) is 1.74. The van der Waals surface area contributed by atoms with Gasteiger partial charge in [-0.2, -0.15) is 10.2 Å². The van der Waals surface area contributed by atoms with Gasteiger partial charge >= 0.3 is 0 Å². The molecule has 0 aliphatic carbocycles. The van der Waals surface area contributed by atoms with Crippen LogP contribution in [0.2, 0.25) is 0 Å². The minimum Gasteiger partial charge on any atom is -0.492 e. The van der Waals surface area contributed by atoms with Crippen LogP contribution >= 0.6 is 0 Å². The summed E-state index contributed by atoms with van der Waals surface area (Å²) in [6.07, 6.45) is 1.63. The van der Waals surface area contributed by atoms with Gasteiger partial charge in [-0.1, -0.05) is 0 Å². The normalized spacial score (nSPS) is 10.2. The second-order valence-electron chi connectivity index (χ2n) is 3.99. The van der Waals surface area contributed by atoms with Crippen molar-refractivity contribution in [3.63, 3.8) is 0 Å². The summed E-state index contributed by atoms with van der Waals surface area (Å²) in [5, 5.41) is 21.4. The fourth-order valence-electron chi connectivity index (χ4n) is 1.55. The van der Waals surface area contributed by atoms with E-state index in [0.29, 0.717) is 25.4 Å². The molecule has 2 aromatic rings. The number of nitro groups is 1. The van der Waals surface area contributed by atoms with Crippen molar-refractivity contribution in [2.75, 3.05) is 13.2 Å². The number of benzene rings is 1. The summed E-state index contributed by atoms with van der Waals surface area (Å²) in [6, 6.07) is 9.72. The van der Waals surface area contributed by atoms with Gasteiger partial charge in [-0.05, 0) is 24.3 Å². The summed E-state index contributed by atoms with van der Waals surface area (Å²) in [4.78, 5) is 10.1. The van der Waals surface area contributed by atoms with Crippen molar-refractivity contribution in [1.82, 2.24) is 15.5 Å². The topological polar surface area (TPSA) is 90.2 Å². The monoisotopic (exact) mass is 274 g/mol. The van der Waals surface area contributed by atoms with Crippen molar-refractivity contribution >= 4 is 5.69 Å². The molecule has 0 fully saturated rings. The highest BCUT2D eigenvalue weighted by molar-refractivity contribution is 5.35. The lowest BCUT2D eigenvalue weighted by molar-refractivity contribution is -0.384. The predicted molar refractivity (Wildman–Crippen MR) is 72.3 cm³/mol. The highest BCUT2D eigenvalue weighted by Gasteiger charge is 2.03. The van der Waals surface area contributed by atoms with Gasteiger partial charge in [0.05, 0.1) is 10.6 Å². The van der Waals surface area contributed by atoms with E-state index in [1.165, 1.54) is 12.1 Å². The van der Waals surface area contributed by atoms with E-state index < -0.39 is 4.92 Å². The molecule has 7 heteroatoms. The third-order valence-corrected chi connectivity index (χ3v) is 2.53. The average Bonchev–Trinajstić information content (AvgIpc) is 2.48. The minimum atomic E-state index is -0.438. The third kappa shape index (κ3) is 4.29. The van der Waals surface area contributed by atoms with Crippen LogP contribution in [-0.4, -0.2) is 28.3 Å². The number of aromatic nitrogens is 2. The first-order valence-corrected chi connectivity index (χ1v) is 6.10. The smallest absolute Gasteiger partial charge is 0.269 e. The number of nitro benzene ring substituents is 1. The second kappa shape index (κ2) is 7.15. The number of hydrogen-bond donors (Lipinski definition) is 1. The first-order chi connectivity index (χ1) is 9.75. The van der Waals surface area contributed by atoms with Crippen LogP contribution in [-0.2, 0) is 6.54 Å². The molecule has 0 radical (unpaired) electrons. The standard InChI is InChI=1S/C13H14N4O3/c18-17(19)12-3-5-13(6-4-12)20-9-8-14-10-11-2-1-7-15-16-11/h1-7,14H,8-10H2. The molecule has 0 amide bonds. The summed E-state index contributed by atoms with van der Waals surface area (Å²) in [7, 11) is 0. The maximum Gasteiger partial charge on any atom is 0.269 e. The van der Waals surface area contributed by atoms with Crippen LogP contribution in [0.25, 0.3) is 0 Å². The van der Waals surface area contributed by atoms with Gasteiger partial charge in [-0.3, -0.25) is 10.1 Å². The number of non-ortho nitro benzene ring substituents is 1. The summed E-state index contributed by atoms with van der Waals surface area (Å²) in [5.74, 6) is 0.608. The van der Waals surface area contributed by atoms with Crippen LogP contribution in [0.15, 0.2) is 42.6 Å². The summed E-state index contributed by atoms with van der Waals surface area (Å²) in [5.41, 5.74) is 0.918. The zero-order chi connectivity index (χ0) is 14.2. The van der Waals surface area contributed by atoms with Gasteiger partial charge in [0.25, 0.3) is 5.69 Å². The van der Waals surface area contributed by atoms with E-state index in [-0.39, 0.29) is 5.69 Å². The molecule has 0 aliphatic rings. The van der Waals surface area contributed by atoms with Crippen LogP contribution < -0.4 is 10.1 Å². The molecular formula is C13H14N4O3. The molecule has 0 spiro atoms. The zero-order valence-electron chi connectivity index (χ0n) is 10.7. The van der Waals surface area contributed by atoms with E-state index in [1.807, 2.05) is 12.1 Å². The Morgan fingerprint density at radius 3 is 2.70 bits per heavy atom. The van der Waals surface area contributed by atoms with Crippen molar-refractivity contribution in [2.24, 2.45) is 0 Å². The van der Waals surface area contributed by atoms with Crippen molar-refractivity contribution in [3.05, 3.63) is 58.4 Å². The van der Waals surface area contributed by atoms with E-state index in [0.717, 1.165) is 5.69 Å². The number of nitrogens with zero attached hydrogens (tertiary/aromatic N) is 3. The van der Waals surface area contributed by atoms with Crippen molar-refractivity contribution < 1.29 is 9.66 Å². The fraction of sp³-hybridized carbons (Fsp3) is 0.231. The fourth-order valence-corrected chi connectivity index (χ4v) is 1.55. The van der Waals surface area contributed by atoms with Crippen LogP contribution in [0, 0.1) is 10.1 Å². The van der Waals surface area contributed by atoms with E-state index >= 15 is 0 Å². The Kier molecular flexibility index (Phi) is 4.96. The van der Waals surface area contributed by atoms with Crippen LogP contribution in [0.5, 0.6) is 5.75 Å². The average molecular weight is 274 g/mol. The van der Waals surface area contributed by atoms with Gasteiger partial charge in [-0.25, -0.2) is 0 Å². The first-order valence-electron chi connectivity index (χ1n) is 6.10. The van der Waals surface area contributed by atoms with Gasteiger partial charge in [0.15, 0.2) is 0 Å². The molecule has 104 valence electrons. The molecule has 0 unspecified atom stereocenters. The molecule has 1 aromatic heterocycles. The first kappa shape index (κ1) is 13.9. The van der Waals surface area contributed by atoms with Crippen molar-refractivity contribution in [3.8, 4) is 5.75 Å². The lowest BCUT2D eigenvalue weighted by Crippen LogP contribution is -2.21. The Balaban J connectivity index is 1.67. The Morgan fingerprint density at radius 1 is 1.25 bits per heavy atom. The van der Waals surface area contributed by atoms with E-state index in [1.54, 1.807) is 18.3 Å². The number of ether oxygens (including phenoxy) is 1. The number of hydrogen-bond acceptors (Lipinski definition) is 6. The molecule has 7 nitrogen and oxygen atoms in total. The Hall–Kier alpha value is -2.54. The Labute approximate surface area is 115 Å². The minimum absolute atomic E-state index is 0.0538. The predicted octanol–water partition coefficient (Wildman–Crippen LogP) is 1.55. The molecule has 20 heavy (non-hydrogen) atoms. The molecule has 0 bridgehead atoms. The lowest BCUT2D eigenvalue weighted by Gasteiger charge is -2.06. The molecule has 2 rings (SSSR count). The van der Waals surface area contributed by atoms with Gasteiger partial charge < -0.3 is 10.1 Å². The molecule has 0 saturated heterocycles. The molecule has 1 heterocycles. The molecule has 0 atom stereocenters. The molecule has 0 saturated carbocycles. The second-order valence-corrected chi connectivity index (χ2v) is 3.99. The summed E-state index contributed by atoms with van der Waals surface area (Å²) >= 11 is 0. The quantitative estimate of drug-likeness (QED) is 0.468. The molecular weight excluding hydrogens is 260 g/mol. The highest BCUT2D eigenvalue weighted by atomic mass is 16.6. The van der Waals surface area contributed by atoms with Crippen molar-refractivity contribution in [1.29, 1.82) is 0 Å². The van der Waals surface area contributed by atoms with Crippen LogP contribution in [0.4, 0.5) is 5.69 Å². The lowest BCUT2D eigenvalue weighted by atomic mass is 10.3. The Morgan fingerprint density at radius 2 is 2.05 bits per heavy atom. The Bertz CT molecular complexity index is 545. The van der Waals surface area contributed by atoms with E-state index in [2.05, 4.69) is 15.5 Å². The largest absolute Gasteiger partial charge is 0.492 e. The number of rotatable bonds is 7. The third-order valence-electron chi connectivity index (χ3n) is 2.53. The van der Waals surface area contributed by atoms with Crippen LogP contribution in [0.3, 0.4) is 0 Å². The number of nitrogens with one attached hydrogen (secondary N) is 1. The van der Waals surface area contributed by atoms with Gasteiger partial charge in [0.1, 0.15) is 12.4 Å². The molecule has 0 aliphatic heterocycles. The van der Waals surface area contributed by atoms with Gasteiger partial charge in [-0.15, -0.1) is 0 Å². The van der Waals surface area contributed by atoms with Crippen molar-refractivity contribution in [2.45, 2.75) is 6.54 Å². The van der Waals surface area contributed by atoms with Crippen LogP contribution in [0.1, 0.15) is 5.69 Å². The SMILES string of the molecule is O=[N+]([O-])c1ccc(OCCNCc2cccnn2)cc1. The van der Waals surface area contributed by atoms with Gasteiger partial charge in [0.2, 0.25) is 0 Å². The van der Waals surface area contributed by atoms with Gasteiger partial charge in [0, 0.05) is 31.4 Å². The zero-order valence-corrected chi connectivity index (χ0v) is 10.7. The highest BCUT2D eigenvalue weighted by Crippen LogP contribution is 2.16. The van der Waals surface area contributed by atoms with E-state index in [4.69, 9.17) is 4.74 Å². The maximum absolute atomic E-state index is 10.5. The summed E-state index contributed by atoms with van der Waals surface area (Å²) < 4.78 is 5.46. The molecule has 1 N–H and O–H groups in total. The van der Waals surface area contributed by atoms with E-state index in [9.17, 15) is 10.1 Å². The molecule has 1 aromatic carbocycles. The maximum atomic E-state index is 10.5.